The largest absolute Gasteiger partial charge is 0.311 e. The molecule has 110 heavy (non-hydrogen) atoms. The van der Waals surface area contributed by atoms with Gasteiger partial charge in [0.15, 0.2) is 0 Å². The topological polar surface area (TPSA) is 11.4 Å². The lowest BCUT2D eigenvalue weighted by atomic mass is 9.33. The number of anilines is 6. The van der Waals surface area contributed by atoms with E-state index in [9.17, 15) is 0 Å². The Labute approximate surface area is 654 Å². The normalized spacial score (nSPS) is 16.0. The van der Waals surface area contributed by atoms with Gasteiger partial charge in [-0.2, -0.15) is 0 Å². The Bertz CT molecular complexity index is 5870. The van der Waals surface area contributed by atoms with Crippen molar-refractivity contribution >= 4 is 79.0 Å². The highest BCUT2D eigenvalue weighted by atomic mass is 15.2. The van der Waals surface area contributed by atoms with Gasteiger partial charge in [-0.15, -0.1) is 0 Å². The average molecular weight is 1430 g/mol. The molecule has 0 saturated heterocycles. The van der Waals surface area contributed by atoms with Crippen LogP contribution in [-0.2, 0) is 37.9 Å². The van der Waals surface area contributed by atoms with E-state index < -0.39 is 0 Å². The Kier molecular flexibility index (Phi) is 16.4. The summed E-state index contributed by atoms with van der Waals surface area (Å²) >= 11 is 0. The third-order valence-corrected chi connectivity index (χ3v) is 26.0. The van der Waals surface area contributed by atoms with Crippen molar-refractivity contribution in [1.82, 2.24) is 4.57 Å². The van der Waals surface area contributed by atoms with Gasteiger partial charge in [-0.05, 0) is 265 Å². The van der Waals surface area contributed by atoms with Gasteiger partial charge < -0.3 is 14.4 Å². The summed E-state index contributed by atoms with van der Waals surface area (Å²) in [6.45, 7) is 40.4. The maximum absolute atomic E-state index is 2.65. The fraction of sp³-hybridized carbons (Fsp3) is 0.264. The van der Waals surface area contributed by atoms with Crippen LogP contribution in [0, 0.1) is 0 Å². The molecule has 0 amide bonds. The van der Waals surface area contributed by atoms with Crippen LogP contribution in [0.4, 0.5) is 34.1 Å². The lowest BCUT2D eigenvalue weighted by Gasteiger charge is -2.45. The third kappa shape index (κ3) is 12.1. The van der Waals surface area contributed by atoms with E-state index in [1.807, 2.05) is 0 Å². The van der Waals surface area contributed by atoms with Crippen molar-refractivity contribution in [3.63, 3.8) is 0 Å². The summed E-state index contributed by atoms with van der Waals surface area (Å²) in [4.78, 5) is 5.29. The Morgan fingerprint density at radius 3 is 1.03 bits per heavy atom. The van der Waals surface area contributed by atoms with Gasteiger partial charge in [-0.25, -0.2) is 0 Å². The van der Waals surface area contributed by atoms with Crippen molar-refractivity contribution in [2.45, 2.75) is 181 Å². The van der Waals surface area contributed by atoms with Crippen molar-refractivity contribution in [2.75, 3.05) is 9.80 Å². The molecule has 0 fully saturated rings. The van der Waals surface area contributed by atoms with Crippen molar-refractivity contribution in [1.29, 1.82) is 0 Å². The zero-order chi connectivity index (χ0) is 76.5. The second-order valence-corrected chi connectivity index (χ2v) is 38.4. The maximum atomic E-state index is 2.65. The lowest BCUT2D eigenvalue weighted by molar-refractivity contribution is 0.332. The van der Waals surface area contributed by atoms with Crippen LogP contribution in [0.5, 0.6) is 0 Å². The summed E-state index contributed by atoms with van der Waals surface area (Å²) in [7, 11) is 0. The summed E-state index contributed by atoms with van der Waals surface area (Å²) in [6.07, 6.45) is 4.71. The van der Waals surface area contributed by atoms with E-state index in [0.717, 1.165) is 28.3 Å². The molecule has 0 spiro atoms. The van der Waals surface area contributed by atoms with Crippen LogP contribution in [0.1, 0.15) is 182 Å². The lowest BCUT2D eigenvalue weighted by Crippen LogP contribution is -2.61. The monoisotopic (exact) mass is 1430 g/mol. The number of hydrogen-bond acceptors (Lipinski definition) is 2. The Balaban J connectivity index is 0.904. The molecule has 0 unspecified atom stereocenters. The van der Waals surface area contributed by atoms with E-state index in [1.165, 1.54) is 181 Å². The van der Waals surface area contributed by atoms with E-state index in [2.05, 4.69) is 405 Å². The SMILES string of the molecule is CC(C)(C)c1ccc(-c2cc3c4c(c2)N(c2ccc(-c5ccc6c(c5)C(C)(C)CCC6(C)C)cc2)c2cc(-n5c6ccc(-c7ccccc7)cc6c6cc(-c7ccccc7)ccc65)ccc2B4c2ccc(-c4cc(C(C)(C)C)cc(C(C)(C)C)c4)cc2N3c2ccc(-c3ccc4c(c3)C(C)(C)CCC4(C)C)cc2)cc1. The first-order valence-electron chi connectivity index (χ1n) is 40.4. The van der Waals surface area contributed by atoms with Gasteiger partial charge in [-0.1, -0.05) is 312 Å². The van der Waals surface area contributed by atoms with Crippen LogP contribution in [0.3, 0.4) is 0 Å². The Morgan fingerprint density at radius 2 is 0.582 bits per heavy atom. The maximum Gasteiger partial charge on any atom is 0.252 e. The molecule has 4 aliphatic rings. The van der Waals surface area contributed by atoms with Crippen molar-refractivity contribution in [3.8, 4) is 72.4 Å². The van der Waals surface area contributed by atoms with Gasteiger partial charge >= 0.3 is 0 Å². The minimum Gasteiger partial charge on any atom is -0.311 e. The van der Waals surface area contributed by atoms with Crippen LogP contribution < -0.4 is 26.2 Å². The molecular formula is C106H104BN3. The standard InChI is InChI=1S/C106H104BN3/c1-100(2,3)79-39-28-71(29-40-79)78-63-97-99-98(64-78)109(83-43-32-70(33-44-83)75-35-47-88-90(61-75)106(16,17)55-53-104(88,12)13)96-66-84(110-93-50-37-72(67-24-20-18-21-25-67)58-85(93)86-59-73(38-51-94(86)110)68-26-22-19-23-27-68)45-49-92(96)107(99)91-48-36-76(77-56-80(101(4,5)6)65-81(57-77)102(7,8)9)62-95(91)108(97)82-41-30-69(31-42-82)74-34-46-87-89(60-74)105(14,15)54-52-103(87,10)11/h18-51,56-66H,52-55H2,1-17H3. The van der Waals surface area contributed by atoms with E-state index in [1.54, 1.807) is 0 Å². The summed E-state index contributed by atoms with van der Waals surface area (Å²) in [5.74, 6) is 0. The highest BCUT2D eigenvalue weighted by Crippen LogP contribution is 2.53. The molecule has 546 valence electrons. The molecule has 0 radical (unpaired) electrons. The molecular weight excluding hydrogens is 1330 g/mol. The summed E-state index contributed by atoms with van der Waals surface area (Å²) < 4.78 is 2.54. The number of aromatic nitrogens is 1. The van der Waals surface area contributed by atoms with Crippen LogP contribution in [0.15, 0.2) is 273 Å². The highest BCUT2D eigenvalue weighted by Gasteiger charge is 2.45. The van der Waals surface area contributed by atoms with Crippen molar-refractivity contribution in [3.05, 3.63) is 312 Å². The van der Waals surface area contributed by atoms with Crippen LogP contribution in [0.25, 0.3) is 94.3 Å². The van der Waals surface area contributed by atoms with Crippen LogP contribution >= 0.6 is 0 Å². The highest BCUT2D eigenvalue weighted by molar-refractivity contribution is 7.00. The van der Waals surface area contributed by atoms with Gasteiger partial charge in [0, 0.05) is 50.6 Å². The number of hydrogen-bond donors (Lipinski definition) is 0. The molecule has 0 bridgehead atoms. The van der Waals surface area contributed by atoms with Crippen LogP contribution in [-0.4, -0.2) is 11.3 Å². The Hall–Kier alpha value is -10.7. The van der Waals surface area contributed by atoms with Crippen molar-refractivity contribution in [2.24, 2.45) is 0 Å². The second kappa shape index (κ2) is 25.4. The fourth-order valence-corrected chi connectivity index (χ4v) is 18.9. The summed E-state index contributed by atoms with van der Waals surface area (Å²) in [5.41, 5.74) is 38.9. The molecule has 1 aromatic heterocycles. The minimum atomic E-state index is -0.159. The van der Waals surface area contributed by atoms with Gasteiger partial charge in [-0.3, -0.25) is 0 Å². The summed E-state index contributed by atoms with van der Waals surface area (Å²) in [6, 6.07) is 107. The second-order valence-electron chi connectivity index (χ2n) is 38.4. The first-order chi connectivity index (χ1) is 52.3. The molecule has 18 rings (SSSR count). The van der Waals surface area contributed by atoms with Crippen molar-refractivity contribution < 1.29 is 0 Å². The first-order valence-corrected chi connectivity index (χ1v) is 40.4. The molecule has 2 aliphatic carbocycles. The van der Waals surface area contributed by atoms with Crippen LogP contribution in [0.2, 0.25) is 0 Å². The van der Waals surface area contributed by atoms with E-state index in [0.29, 0.717) is 0 Å². The molecule has 2 aliphatic heterocycles. The molecule has 3 nitrogen and oxygen atoms in total. The molecule has 4 heteroatoms. The third-order valence-electron chi connectivity index (χ3n) is 26.0. The van der Waals surface area contributed by atoms with Gasteiger partial charge in [0.2, 0.25) is 0 Å². The molecule has 0 saturated carbocycles. The Morgan fingerprint density at radius 1 is 0.255 bits per heavy atom. The van der Waals surface area contributed by atoms with E-state index in [-0.39, 0.29) is 44.6 Å². The van der Waals surface area contributed by atoms with Gasteiger partial charge in [0.1, 0.15) is 0 Å². The zero-order valence-corrected chi connectivity index (χ0v) is 67.7. The molecule has 13 aromatic carbocycles. The molecule has 3 heterocycles. The quantitative estimate of drug-likeness (QED) is 0.133. The zero-order valence-electron chi connectivity index (χ0n) is 67.7. The van der Waals surface area contributed by atoms with E-state index >= 15 is 0 Å². The average Bonchev–Trinajstić information content (AvgIpc) is 0.753. The predicted molar refractivity (Wildman–Crippen MR) is 474 cm³/mol. The molecule has 0 N–H and O–H groups in total. The number of nitrogens with zero attached hydrogens (tertiary/aromatic N) is 3. The number of rotatable bonds is 9. The fourth-order valence-electron chi connectivity index (χ4n) is 18.9. The van der Waals surface area contributed by atoms with Gasteiger partial charge in [0.05, 0.1) is 11.0 Å². The summed E-state index contributed by atoms with van der Waals surface area (Å²) in [5, 5.41) is 2.44. The van der Waals surface area contributed by atoms with Gasteiger partial charge in [0.25, 0.3) is 6.71 Å². The number of benzene rings is 13. The minimum absolute atomic E-state index is 0.0229. The molecule has 0 atom stereocenters. The smallest absolute Gasteiger partial charge is 0.252 e. The first kappa shape index (κ1) is 71.0. The van der Waals surface area contributed by atoms with E-state index in [4.69, 9.17) is 0 Å². The molecule has 14 aromatic rings. The number of fused-ring (bicyclic) bond motifs is 9. The predicted octanol–water partition coefficient (Wildman–Crippen LogP) is 27.5.